The number of amides is 2. The van der Waals surface area contributed by atoms with Crippen molar-refractivity contribution >= 4 is 11.8 Å². The molecule has 2 heterocycles. The minimum absolute atomic E-state index is 0.0364. The van der Waals surface area contributed by atoms with Crippen LogP contribution in [0, 0.1) is 12.8 Å². The van der Waals surface area contributed by atoms with E-state index in [1.54, 1.807) is 12.1 Å². The molecular formula is C31H36N2O4. The van der Waals surface area contributed by atoms with E-state index in [2.05, 4.69) is 53.5 Å². The first kappa shape index (κ1) is 25.1. The third kappa shape index (κ3) is 5.58. The summed E-state index contributed by atoms with van der Waals surface area (Å²) < 4.78 is 11.8. The summed E-state index contributed by atoms with van der Waals surface area (Å²) in [5.41, 5.74) is 4.69. The standard InChI is InChI=1S/C31H36N2O4/c1-20(2)32-30(34)28-14-13-26(37-28)19-36-25-12-11-22-15-16-33(31(35)23-8-4-5-9-23)29(27(22)18-25)24-10-6-7-21(3)17-24/h6-7,10-14,17-18,20,23,29H,4-5,8-9,15-16,19H2,1-3H3,(H,32,34). The molecule has 3 aromatic rings. The van der Waals surface area contributed by atoms with E-state index in [1.807, 2.05) is 19.9 Å². The highest BCUT2D eigenvalue weighted by Crippen LogP contribution is 2.40. The highest BCUT2D eigenvalue weighted by Gasteiger charge is 2.36. The van der Waals surface area contributed by atoms with Gasteiger partial charge in [-0.05, 0) is 81.0 Å². The molecule has 5 rings (SSSR count). The van der Waals surface area contributed by atoms with Gasteiger partial charge < -0.3 is 19.4 Å². The molecule has 0 radical (unpaired) electrons. The van der Waals surface area contributed by atoms with Crippen LogP contribution in [0.1, 0.15) is 84.1 Å². The molecule has 0 spiro atoms. The topological polar surface area (TPSA) is 71.8 Å². The molecule has 0 saturated heterocycles. The minimum Gasteiger partial charge on any atom is -0.486 e. The number of carbonyl (C=O) groups excluding carboxylic acids is 2. The predicted octanol–water partition coefficient (Wildman–Crippen LogP) is 5.97. The number of benzene rings is 2. The van der Waals surface area contributed by atoms with Gasteiger partial charge in [-0.15, -0.1) is 0 Å². The van der Waals surface area contributed by atoms with Crippen molar-refractivity contribution in [3.8, 4) is 5.75 Å². The van der Waals surface area contributed by atoms with Crippen LogP contribution < -0.4 is 10.1 Å². The molecule has 1 saturated carbocycles. The van der Waals surface area contributed by atoms with Crippen molar-refractivity contribution in [2.45, 2.75) is 71.6 Å². The third-order valence-electron chi connectivity index (χ3n) is 7.38. The predicted molar refractivity (Wildman–Crippen MR) is 142 cm³/mol. The summed E-state index contributed by atoms with van der Waals surface area (Å²) in [5.74, 6) is 1.76. The van der Waals surface area contributed by atoms with E-state index >= 15 is 0 Å². The van der Waals surface area contributed by atoms with Crippen LogP contribution >= 0.6 is 0 Å². The fourth-order valence-electron chi connectivity index (χ4n) is 5.59. The molecule has 2 aliphatic rings. The Morgan fingerprint density at radius 3 is 2.65 bits per heavy atom. The van der Waals surface area contributed by atoms with E-state index in [4.69, 9.17) is 9.15 Å². The van der Waals surface area contributed by atoms with Crippen molar-refractivity contribution < 1.29 is 18.7 Å². The van der Waals surface area contributed by atoms with E-state index in [0.29, 0.717) is 5.76 Å². The van der Waals surface area contributed by atoms with Crippen LogP contribution in [0.25, 0.3) is 0 Å². The quantitative estimate of drug-likeness (QED) is 0.434. The highest BCUT2D eigenvalue weighted by molar-refractivity contribution is 5.91. The Kier molecular flexibility index (Phi) is 7.36. The molecule has 1 aromatic heterocycles. The van der Waals surface area contributed by atoms with Crippen molar-refractivity contribution in [2.75, 3.05) is 6.54 Å². The lowest BCUT2D eigenvalue weighted by Gasteiger charge is -2.39. The van der Waals surface area contributed by atoms with Crippen molar-refractivity contribution in [3.05, 3.63) is 88.4 Å². The van der Waals surface area contributed by atoms with E-state index < -0.39 is 0 Å². The Morgan fingerprint density at radius 1 is 1.08 bits per heavy atom. The molecule has 0 bridgehead atoms. The van der Waals surface area contributed by atoms with Crippen molar-refractivity contribution in [1.29, 1.82) is 0 Å². The van der Waals surface area contributed by atoms with Crippen LogP contribution in [0.2, 0.25) is 0 Å². The molecule has 2 amide bonds. The summed E-state index contributed by atoms with van der Waals surface area (Å²) >= 11 is 0. The number of aryl methyl sites for hydroxylation is 1. The molecule has 1 aliphatic heterocycles. The number of nitrogens with one attached hydrogen (secondary N) is 1. The number of hydrogen-bond donors (Lipinski definition) is 1. The maximum Gasteiger partial charge on any atom is 0.287 e. The first-order chi connectivity index (χ1) is 17.9. The number of furan rings is 1. The smallest absolute Gasteiger partial charge is 0.287 e. The van der Waals surface area contributed by atoms with Gasteiger partial charge in [0.25, 0.3) is 5.91 Å². The summed E-state index contributed by atoms with van der Waals surface area (Å²) in [4.78, 5) is 27.9. The first-order valence-corrected chi connectivity index (χ1v) is 13.4. The second kappa shape index (κ2) is 10.8. The molecule has 1 atom stereocenters. The van der Waals surface area contributed by atoms with E-state index in [1.165, 1.54) is 11.1 Å². The molecule has 2 aromatic carbocycles. The monoisotopic (exact) mass is 500 g/mol. The fraction of sp³-hybridized carbons (Fsp3) is 0.419. The Bertz CT molecular complexity index is 1270. The molecule has 37 heavy (non-hydrogen) atoms. The van der Waals surface area contributed by atoms with Crippen LogP contribution in [0.4, 0.5) is 0 Å². The van der Waals surface area contributed by atoms with Gasteiger partial charge in [0.15, 0.2) is 5.76 Å². The molecule has 6 heteroatoms. The van der Waals surface area contributed by atoms with E-state index in [0.717, 1.165) is 55.5 Å². The van der Waals surface area contributed by atoms with Gasteiger partial charge >= 0.3 is 0 Å². The molecule has 194 valence electrons. The third-order valence-corrected chi connectivity index (χ3v) is 7.38. The summed E-state index contributed by atoms with van der Waals surface area (Å²) in [6.07, 6.45) is 5.10. The molecule has 6 nitrogen and oxygen atoms in total. The van der Waals surface area contributed by atoms with Crippen LogP contribution in [0.5, 0.6) is 5.75 Å². The van der Waals surface area contributed by atoms with Gasteiger partial charge in [0.2, 0.25) is 5.91 Å². The summed E-state index contributed by atoms with van der Waals surface area (Å²) in [6.45, 7) is 6.86. The Labute approximate surface area is 219 Å². The lowest BCUT2D eigenvalue weighted by atomic mass is 9.86. The summed E-state index contributed by atoms with van der Waals surface area (Å²) in [5, 5.41) is 2.83. The number of hydrogen-bond acceptors (Lipinski definition) is 4. The number of ether oxygens (including phenoxy) is 1. The van der Waals surface area contributed by atoms with Crippen LogP contribution in [-0.2, 0) is 17.8 Å². The van der Waals surface area contributed by atoms with Gasteiger partial charge in [-0.25, -0.2) is 0 Å². The van der Waals surface area contributed by atoms with Crippen molar-refractivity contribution in [3.63, 3.8) is 0 Å². The van der Waals surface area contributed by atoms with Gasteiger partial charge in [0.1, 0.15) is 18.1 Å². The zero-order chi connectivity index (χ0) is 25.9. The lowest BCUT2D eigenvalue weighted by Crippen LogP contribution is -2.43. The molecule has 1 fully saturated rings. The Balaban J connectivity index is 1.39. The second-order valence-electron chi connectivity index (χ2n) is 10.6. The number of nitrogens with zero attached hydrogens (tertiary/aromatic N) is 1. The Hall–Kier alpha value is -3.54. The average molecular weight is 501 g/mol. The first-order valence-electron chi connectivity index (χ1n) is 13.4. The zero-order valence-electron chi connectivity index (χ0n) is 22.0. The second-order valence-corrected chi connectivity index (χ2v) is 10.6. The van der Waals surface area contributed by atoms with Crippen LogP contribution in [-0.4, -0.2) is 29.3 Å². The minimum atomic E-state index is -0.233. The van der Waals surface area contributed by atoms with Crippen LogP contribution in [0.3, 0.4) is 0 Å². The van der Waals surface area contributed by atoms with Crippen LogP contribution in [0.15, 0.2) is 59.0 Å². The van der Waals surface area contributed by atoms with Gasteiger partial charge in [0.05, 0.1) is 6.04 Å². The zero-order valence-corrected chi connectivity index (χ0v) is 22.0. The molecule has 1 N–H and O–H groups in total. The van der Waals surface area contributed by atoms with Gasteiger partial charge in [0, 0.05) is 18.5 Å². The van der Waals surface area contributed by atoms with E-state index in [9.17, 15) is 9.59 Å². The summed E-state index contributed by atoms with van der Waals surface area (Å²) in [6, 6.07) is 18.0. The van der Waals surface area contributed by atoms with Gasteiger partial charge in [-0.2, -0.15) is 0 Å². The molecule has 1 unspecified atom stereocenters. The lowest BCUT2D eigenvalue weighted by molar-refractivity contribution is -0.137. The number of fused-ring (bicyclic) bond motifs is 1. The van der Waals surface area contributed by atoms with Crippen molar-refractivity contribution in [1.82, 2.24) is 10.2 Å². The SMILES string of the molecule is Cc1cccc(C2c3cc(OCc4ccc(C(=O)NC(C)C)o4)ccc3CCN2C(=O)C2CCCC2)c1. The maximum absolute atomic E-state index is 13.6. The van der Waals surface area contributed by atoms with Gasteiger partial charge in [-0.3, -0.25) is 9.59 Å². The van der Waals surface area contributed by atoms with E-state index in [-0.39, 0.29) is 42.2 Å². The number of carbonyl (C=O) groups is 2. The molecule has 1 aliphatic carbocycles. The van der Waals surface area contributed by atoms with Crippen molar-refractivity contribution in [2.24, 2.45) is 5.92 Å². The maximum atomic E-state index is 13.6. The average Bonchev–Trinajstić information content (AvgIpc) is 3.59. The number of rotatable bonds is 7. The molecular weight excluding hydrogens is 464 g/mol. The summed E-state index contributed by atoms with van der Waals surface area (Å²) in [7, 11) is 0. The fourth-order valence-corrected chi connectivity index (χ4v) is 5.59. The largest absolute Gasteiger partial charge is 0.486 e. The normalized spacial score (nSPS) is 17.6. The highest BCUT2D eigenvalue weighted by atomic mass is 16.5. The van der Waals surface area contributed by atoms with Gasteiger partial charge in [-0.1, -0.05) is 48.7 Å². The Morgan fingerprint density at radius 2 is 1.89 bits per heavy atom.